The molecule has 0 radical (unpaired) electrons. The fourth-order valence-electron chi connectivity index (χ4n) is 3.29. The third kappa shape index (κ3) is 3.51. The highest BCUT2D eigenvalue weighted by atomic mass is 32.1. The number of aryl methyl sites for hydroxylation is 1. The number of hydrogen-bond donors (Lipinski definition) is 1. The molecular formula is C21H20N2O5S. The maximum Gasteiger partial charge on any atom is 0.341 e. The van der Waals surface area contributed by atoms with E-state index in [1.54, 1.807) is 16.3 Å². The first-order chi connectivity index (χ1) is 14.0. The molecule has 2 aromatic heterocycles. The second-order valence-corrected chi connectivity index (χ2v) is 7.76. The van der Waals surface area contributed by atoms with Gasteiger partial charge in [-0.2, -0.15) is 0 Å². The number of carboxylic acid groups (broad SMARTS) is 1. The van der Waals surface area contributed by atoms with Gasteiger partial charge in [0.25, 0.3) is 0 Å². The molecular weight excluding hydrogens is 392 g/mol. The minimum atomic E-state index is -1.27. The smallest absolute Gasteiger partial charge is 0.341 e. The maximum absolute atomic E-state index is 12.4. The predicted octanol–water partition coefficient (Wildman–Crippen LogP) is 4.10. The van der Waals surface area contributed by atoms with Crippen molar-refractivity contribution in [2.45, 2.75) is 32.9 Å². The van der Waals surface area contributed by atoms with Crippen molar-refractivity contribution in [3.05, 3.63) is 62.3 Å². The standard InChI is InChI=1S/C21H20N2O5S/c1-3-4-5-27-17-8-18-13(6-12(17)2)15-7-16(24)14(21(25)26)10-23(15)20(28-18)19-9-22-11-29-19/h6-11,20H,3-5H2,1-2H3,(H,25,26). The molecule has 0 aliphatic carbocycles. The molecule has 8 heteroatoms. The van der Waals surface area contributed by atoms with Gasteiger partial charge in [-0.05, 0) is 25.0 Å². The van der Waals surface area contributed by atoms with Crippen LogP contribution < -0.4 is 14.9 Å². The van der Waals surface area contributed by atoms with E-state index in [0.717, 1.165) is 34.6 Å². The van der Waals surface area contributed by atoms with Crippen molar-refractivity contribution in [3.8, 4) is 22.8 Å². The topological polar surface area (TPSA) is 90.7 Å². The summed E-state index contributed by atoms with van der Waals surface area (Å²) in [6.07, 6.45) is 4.40. The van der Waals surface area contributed by atoms with Crippen LogP contribution in [0.1, 0.15) is 46.8 Å². The molecule has 0 saturated heterocycles. The van der Waals surface area contributed by atoms with E-state index in [9.17, 15) is 14.7 Å². The number of ether oxygens (including phenoxy) is 2. The summed E-state index contributed by atoms with van der Waals surface area (Å²) in [6, 6.07) is 5.11. The lowest BCUT2D eigenvalue weighted by atomic mass is 10.0. The highest BCUT2D eigenvalue weighted by Crippen LogP contribution is 2.43. The van der Waals surface area contributed by atoms with Crippen LogP contribution in [-0.4, -0.2) is 27.2 Å². The number of pyridine rings is 1. The molecule has 29 heavy (non-hydrogen) atoms. The average molecular weight is 412 g/mol. The van der Waals surface area contributed by atoms with Crippen LogP contribution in [0.4, 0.5) is 0 Å². The third-order valence-electron chi connectivity index (χ3n) is 4.80. The Morgan fingerprint density at radius 1 is 1.38 bits per heavy atom. The Hall–Kier alpha value is -3.13. The summed E-state index contributed by atoms with van der Waals surface area (Å²) in [4.78, 5) is 28.8. The van der Waals surface area contributed by atoms with Gasteiger partial charge in [-0.3, -0.25) is 9.78 Å². The molecule has 0 amide bonds. The van der Waals surface area contributed by atoms with Crippen LogP contribution in [-0.2, 0) is 0 Å². The van der Waals surface area contributed by atoms with E-state index in [0.29, 0.717) is 18.1 Å². The van der Waals surface area contributed by atoms with Gasteiger partial charge >= 0.3 is 5.97 Å². The summed E-state index contributed by atoms with van der Waals surface area (Å²) in [5.74, 6) is 0.0520. The van der Waals surface area contributed by atoms with E-state index in [-0.39, 0.29) is 5.56 Å². The van der Waals surface area contributed by atoms with Crippen LogP contribution in [0.3, 0.4) is 0 Å². The fraction of sp³-hybridized carbons (Fsp3) is 0.286. The van der Waals surface area contributed by atoms with Crippen LogP contribution in [0.15, 0.2) is 40.9 Å². The highest BCUT2D eigenvalue weighted by molar-refractivity contribution is 7.09. The number of nitrogens with zero attached hydrogens (tertiary/aromatic N) is 2. The van der Waals surface area contributed by atoms with Crippen LogP contribution in [0.2, 0.25) is 0 Å². The quantitative estimate of drug-likeness (QED) is 0.613. The molecule has 0 saturated carbocycles. The monoisotopic (exact) mass is 412 g/mol. The Morgan fingerprint density at radius 2 is 2.21 bits per heavy atom. The Bertz CT molecular complexity index is 1120. The van der Waals surface area contributed by atoms with Gasteiger partial charge in [0.15, 0.2) is 5.43 Å². The molecule has 1 N–H and O–H groups in total. The van der Waals surface area contributed by atoms with Gasteiger partial charge in [-0.25, -0.2) is 4.79 Å². The number of carbonyl (C=O) groups is 1. The summed E-state index contributed by atoms with van der Waals surface area (Å²) >= 11 is 1.40. The molecule has 0 fully saturated rings. The first kappa shape index (κ1) is 19.2. The van der Waals surface area contributed by atoms with Gasteiger partial charge in [0.2, 0.25) is 6.23 Å². The molecule has 1 unspecified atom stereocenters. The number of hydrogen-bond acceptors (Lipinski definition) is 6. The molecule has 1 aliphatic heterocycles. The van der Waals surface area contributed by atoms with Crippen LogP contribution in [0.25, 0.3) is 11.3 Å². The number of rotatable bonds is 6. The lowest BCUT2D eigenvalue weighted by Gasteiger charge is -2.31. The lowest BCUT2D eigenvalue weighted by Crippen LogP contribution is -2.27. The van der Waals surface area contributed by atoms with E-state index in [4.69, 9.17) is 9.47 Å². The van der Waals surface area contributed by atoms with E-state index >= 15 is 0 Å². The molecule has 0 spiro atoms. The second-order valence-electron chi connectivity index (χ2n) is 6.84. The molecule has 7 nitrogen and oxygen atoms in total. The van der Waals surface area contributed by atoms with Crippen molar-refractivity contribution in [2.75, 3.05) is 6.61 Å². The van der Waals surface area contributed by atoms with E-state index in [1.807, 2.05) is 19.1 Å². The number of benzene rings is 1. The first-order valence-corrected chi connectivity index (χ1v) is 10.2. The largest absolute Gasteiger partial charge is 0.493 e. The van der Waals surface area contributed by atoms with E-state index in [2.05, 4.69) is 11.9 Å². The van der Waals surface area contributed by atoms with Crippen LogP contribution in [0, 0.1) is 6.92 Å². The minimum absolute atomic E-state index is 0.299. The Labute approximate surface area is 171 Å². The summed E-state index contributed by atoms with van der Waals surface area (Å²) in [7, 11) is 0. The Kier molecular flexibility index (Phi) is 5.10. The van der Waals surface area contributed by atoms with E-state index < -0.39 is 17.6 Å². The first-order valence-electron chi connectivity index (χ1n) is 9.32. The van der Waals surface area contributed by atoms with Crippen molar-refractivity contribution >= 4 is 17.3 Å². The fourth-order valence-corrected chi connectivity index (χ4v) is 3.93. The summed E-state index contributed by atoms with van der Waals surface area (Å²) in [5.41, 5.74) is 3.08. The summed E-state index contributed by atoms with van der Waals surface area (Å²) in [6.45, 7) is 4.66. The number of fused-ring (bicyclic) bond motifs is 3. The number of aromatic nitrogens is 2. The zero-order valence-electron chi connectivity index (χ0n) is 16.0. The normalized spacial score (nSPS) is 14.6. The molecule has 1 aliphatic rings. The zero-order valence-corrected chi connectivity index (χ0v) is 16.9. The highest BCUT2D eigenvalue weighted by Gasteiger charge is 2.30. The number of unbranched alkanes of at least 4 members (excludes halogenated alkanes) is 1. The Balaban J connectivity index is 1.87. The van der Waals surface area contributed by atoms with Crippen molar-refractivity contribution in [3.63, 3.8) is 0 Å². The number of thiazole rings is 1. The van der Waals surface area contributed by atoms with E-state index in [1.165, 1.54) is 23.6 Å². The molecule has 150 valence electrons. The number of carboxylic acids is 1. The molecule has 0 bridgehead atoms. The molecule has 1 atom stereocenters. The summed E-state index contributed by atoms with van der Waals surface area (Å²) in [5, 5.41) is 9.38. The average Bonchev–Trinajstić information content (AvgIpc) is 3.22. The maximum atomic E-state index is 12.4. The van der Waals surface area contributed by atoms with Gasteiger partial charge in [-0.15, -0.1) is 11.3 Å². The van der Waals surface area contributed by atoms with Crippen LogP contribution >= 0.6 is 11.3 Å². The SMILES string of the molecule is CCCCOc1cc2c(cc1C)-c1cc(=O)c(C(=O)O)cn1C(c1cncs1)O2. The van der Waals surface area contributed by atoms with Gasteiger partial charge in [0.05, 0.1) is 22.7 Å². The molecule has 3 aromatic rings. The molecule has 4 rings (SSSR count). The van der Waals surface area contributed by atoms with Crippen LogP contribution in [0.5, 0.6) is 11.5 Å². The van der Waals surface area contributed by atoms with Gasteiger partial charge in [-0.1, -0.05) is 13.3 Å². The van der Waals surface area contributed by atoms with Crippen molar-refractivity contribution < 1.29 is 19.4 Å². The Morgan fingerprint density at radius 3 is 2.90 bits per heavy atom. The predicted molar refractivity (Wildman–Crippen MR) is 109 cm³/mol. The third-order valence-corrected chi connectivity index (χ3v) is 5.61. The summed E-state index contributed by atoms with van der Waals surface area (Å²) < 4.78 is 13.8. The molecule has 3 heterocycles. The van der Waals surface area contributed by atoms with Crippen molar-refractivity contribution in [1.82, 2.24) is 9.55 Å². The van der Waals surface area contributed by atoms with Gasteiger partial charge < -0.3 is 19.1 Å². The zero-order chi connectivity index (χ0) is 20.5. The second kappa shape index (κ2) is 7.71. The van der Waals surface area contributed by atoms with Gasteiger partial charge in [0, 0.05) is 30.1 Å². The minimum Gasteiger partial charge on any atom is -0.493 e. The number of aromatic carboxylic acids is 1. The van der Waals surface area contributed by atoms with Crippen molar-refractivity contribution in [2.24, 2.45) is 0 Å². The lowest BCUT2D eigenvalue weighted by molar-refractivity contribution is 0.0693. The van der Waals surface area contributed by atoms with Crippen molar-refractivity contribution in [1.29, 1.82) is 0 Å². The van der Waals surface area contributed by atoms with Gasteiger partial charge in [0.1, 0.15) is 17.1 Å². The molecule has 1 aromatic carbocycles.